The predicted molar refractivity (Wildman–Crippen MR) is 116 cm³/mol. The molecule has 3 aliphatic heterocycles. The van der Waals surface area contributed by atoms with Gasteiger partial charge >= 0.3 is 6.09 Å². The summed E-state index contributed by atoms with van der Waals surface area (Å²) in [6, 6.07) is 7.37. The number of amides is 2. The topological polar surface area (TPSA) is 53.1 Å². The van der Waals surface area contributed by atoms with Crippen LogP contribution in [-0.4, -0.2) is 78.1 Å². The Bertz CT molecular complexity index is 781. The van der Waals surface area contributed by atoms with Crippen LogP contribution in [0.5, 0.6) is 0 Å². The molecule has 4 rings (SSSR count). The van der Waals surface area contributed by atoms with Crippen LogP contribution >= 0.6 is 0 Å². The Hall–Kier alpha value is -2.15. The Morgan fingerprint density at radius 2 is 1.84 bits per heavy atom. The number of hydrogen-bond donors (Lipinski definition) is 0. The number of halogens is 1. The van der Waals surface area contributed by atoms with Gasteiger partial charge in [0.1, 0.15) is 5.82 Å². The van der Waals surface area contributed by atoms with Crippen LogP contribution in [0.3, 0.4) is 0 Å². The molecule has 0 spiro atoms. The first-order chi connectivity index (χ1) is 15.0. The Morgan fingerprint density at radius 1 is 1.06 bits per heavy atom. The third-order valence-corrected chi connectivity index (χ3v) is 7.17. The van der Waals surface area contributed by atoms with Crippen LogP contribution < -0.4 is 0 Å². The summed E-state index contributed by atoms with van der Waals surface area (Å²) in [5.74, 6) is 0.312. The van der Waals surface area contributed by atoms with E-state index in [1.54, 1.807) is 6.07 Å². The number of nitrogens with zero attached hydrogens (tertiary/aromatic N) is 3. The van der Waals surface area contributed by atoms with Gasteiger partial charge in [-0.25, -0.2) is 9.18 Å². The van der Waals surface area contributed by atoms with Crippen molar-refractivity contribution in [2.24, 2.45) is 5.92 Å². The van der Waals surface area contributed by atoms with Crippen molar-refractivity contribution in [2.75, 3.05) is 39.3 Å². The summed E-state index contributed by atoms with van der Waals surface area (Å²) in [6.45, 7) is 6.47. The van der Waals surface area contributed by atoms with Gasteiger partial charge in [-0.1, -0.05) is 12.1 Å². The van der Waals surface area contributed by atoms with E-state index in [1.807, 2.05) is 22.8 Å². The Balaban J connectivity index is 1.31. The lowest BCUT2D eigenvalue weighted by Gasteiger charge is -2.51. The van der Waals surface area contributed by atoms with E-state index in [1.165, 1.54) is 12.1 Å². The molecular formula is C24H34FN3O3. The standard InChI is InChI=1S/C24H34FN3O3/c1-2-31-24(30)26-12-8-21(9-13-26)28-11-4-6-19-17-27(14-10-22(19)28)23(29)16-18-5-3-7-20(25)15-18/h3,5,7,15,19,21-22H,2,4,6,8-14,16-17H2,1H3/t19-,22+/m1/s1. The van der Waals surface area contributed by atoms with Crippen molar-refractivity contribution in [2.45, 2.75) is 57.5 Å². The Morgan fingerprint density at radius 3 is 2.58 bits per heavy atom. The first-order valence-corrected chi connectivity index (χ1v) is 11.7. The molecule has 6 nitrogen and oxygen atoms in total. The predicted octanol–water partition coefficient (Wildman–Crippen LogP) is 3.30. The van der Waals surface area contributed by atoms with E-state index in [0.29, 0.717) is 24.6 Å². The highest BCUT2D eigenvalue weighted by molar-refractivity contribution is 5.79. The van der Waals surface area contributed by atoms with Crippen molar-refractivity contribution in [1.82, 2.24) is 14.7 Å². The Labute approximate surface area is 184 Å². The van der Waals surface area contributed by atoms with Gasteiger partial charge in [0.2, 0.25) is 5.91 Å². The summed E-state index contributed by atoms with van der Waals surface area (Å²) in [7, 11) is 0. The molecule has 170 valence electrons. The molecule has 0 unspecified atom stereocenters. The number of fused-ring (bicyclic) bond motifs is 1. The molecule has 3 heterocycles. The van der Waals surface area contributed by atoms with Crippen LogP contribution in [0.25, 0.3) is 0 Å². The number of benzene rings is 1. The first-order valence-electron chi connectivity index (χ1n) is 11.7. The lowest BCUT2D eigenvalue weighted by atomic mass is 9.82. The lowest BCUT2D eigenvalue weighted by molar-refractivity contribution is -0.134. The normalized spacial score (nSPS) is 25.2. The number of rotatable bonds is 4. The highest BCUT2D eigenvalue weighted by Crippen LogP contribution is 2.34. The van der Waals surface area contributed by atoms with Gasteiger partial charge in [-0.2, -0.15) is 0 Å². The quantitative estimate of drug-likeness (QED) is 0.734. The fraction of sp³-hybridized carbons (Fsp3) is 0.667. The van der Waals surface area contributed by atoms with Gasteiger partial charge in [-0.3, -0.25) is 9.69 Å². The van der Waals surface area contributed by atoms with Gasteiger partial charge in [-0.15, -0.1) is 0 Å². The highest BCUT2D eigenvalue weighted by atomic mass is 19.1. The smallest absolute Gasteiger partial charge is 0.409 e. The third kappa shape index (κ3) is 5.20. The highest BCUT2D eigenvalue weighted by Gasteiger charge is 2.40. The molecule has 0 aromatic heterocycles. The van der Waals surface area contributed by atoms with Crippen molar-refractivity contribution < 1.29 is 18.7 Å². The molecule has 0 N–H and O–H groups in total. The van der Waals surface area contributed by atoms with E-state index in [9.17, 15) is 14.0 Å². The van der Waals surface area contributed by atoms with Crippen LogP contribution in [0, 0.1) is 11.7 Å². The van der Waals surface area contributed by atoms with Gasteiger partial charge in [-0.05, 0) is 69.2 Å². The fourth-order valence-corrected chi connectivity index (χ4v) is 5.65. The van der Waals surface area contributed by atoms with E-state index in [-0.39, 0.29) is 24.2 Å². The zero-order valence-electron chi connectivity index (χ0n) is 18.5. The second-order valence-electron chi connectivity index (χ2n) is 9.06. The number of hydrogen-bond acceptors (Lipinski definition) is 4. The van der Waals surface area contributed by atoms with Crippen molar-refractivity contribution in [3.63, 3.8) is 0 Å². The van der Waals surface area contributed by atoms with Crippen molar-refractivity contribution in [3.05, 3.63) is 35.6 Å². The molecule has 2 amide bonds. The second kappa shape index (κ2) is 9.98. The van der Waals surface area contributed by atoms with Crippen LogP contribution in [0.4, 0.5) is 9.18 Å². The molecule has 0 radical (unpaired) electrons. The van der Waals surface area contributed by atoms with Gasteiger partial charge < -0.3 is 14.5 Å². The number of piperidine rings is 3. The van der Waals surface area contributed by atoms with Crippen LogP contribution in [0.15, 0.2) is 24.3 Å². The Kier molecular flexibility index (Phi) is 7.10. The molecule has 1 aromatic rings. The van der Waals surface area contributed by atoms with Gasteiger partial charge in [0.15, 0.2) is 0 Å². The monoisotopic (exact) mass is 431 g/mol. The first kappa shape index (κ1) is 22.1. The van der Waals surface area contributed by atoms with Crippen LogP contribution in [-0.2, 0) is 16.0 Å². The minimum atomic E-state index is -0.291. The zero-order chi connectivity index (χ0) is 21.8. The maximum Gasteiger partial charge on any atom is 0.409 e. The zero-order valence-corrected chi connectivity index (χ0v) is 18.5. The third-order valence-electron chi connectivity index (χ3n) is 7.17. The lowest BCUT2D eigenvalue weighted by Crippen LogP contribution is -2.59. The number of carbonyl (C=O) groups excluding carboxylic acids is 2. The number of carbonyl (C=O) groups is 2. The van der Waals surface area contributed by atoms with E-state index >= 15 is 0 Å². The van der Waals surface area contributed by atoms with Gasteiger partial charge in [0, 0.05) is 38.3 Å². The molecule has 3 fully saturated rings. The minimum absolute atomic E-state index is 0.101. The van der Waals surface area contributed by atoms with E-state index in [2.05, 4.69) is 4.90 Å². The van der Waals surface area contributed by atoms with Gasteiger partial charge in [0.05, 0.1) is 13.0 Å². The molecule has 0 saturated carbocycles. The fourth-order valence-electron chi connectivity index (χ4n) is 5.65. The molecular weight excluding hydrogens is 397 g/mol. The number of likely N-dealkylation sites (tertiary alicyclic amines) is 3. The molecule has 2 atom stereocenters. The average Bonchev–Trinajstić information content (AvgIpc) is 2.78. The molecule has 1 aromatic carbocycles. The summed E-state index contributed by atoms with van der Waals surface area (Å²) in [5, 5.41) is 0. The number of ether oxygens (including phenoxy) is 1. The maximum absolute atomic E-state index is 13.4. The molecule has 7 heteroatoms. The molecule has 3 saturated heterocycles. The SMILES string of the molecule is CCOC(=O)N1CCC(N2CCC[C@@H]3CN(C(=O)Cc4cccc(F)c4)CC[C@@H]32)CC1. The summed E-state index contributed by atoms with van der Waals surface area (Å²) in [5.41, 5.74) is 0.741. The molecule has 0 bridgehead atoms. The van der Waals surface area contributed by atoms with Crippen molar-refractivity contribution in [1.29, 1.82) is 0 Å². The van der Waals surface area contributed by atoms with Crippen LogP contribution in [0.2, 0.25) is 0 Å². The minimum Gasteiger partial charge on any atom is -0.450 e. The van der Waals surface area contributed by atoms with E-state index < -0.39 is 0 Å². The molecule has 0 aliphatic carbocycles. The average molecular weight is 432 g/mol. The summed E-state index contributed by atoms with van der Waals surface area (Å²) >= 11 is 0. The summed E-state index contributed by atoms with van der Waals surface area (Å²) in [6.07, 6.45) is 5.37. The van der Waals surface area contributed by atoms with Gasteiger partial charge in [0.25, 0.3) is 0 Å². The van der Waals surface area contributed by atoms with Crippen molar-refractivity contribution >= 4 is 12.0 Å². The van der Waals surface area contributed by atoms with Crippen LogP contribution in [0.1, 0.15) is 44.6 Å². The van der Waals surface area contributed by atoms with Crippen molar-refractivity contribution in [3.8, 4) is 0 Å². The summed E-state index contributed by atoms with van der Waals surface area (Å²) in [4.78, 5) is 31.3. The molecule has 3 aliphatic rings. The largest absolute Gasteiger partial charge is 0.450 e. The molecule has 31 heavy (non-hydrogen) atoms. The van der Waals surface area contributed by atoms with E-state index in [4.69, 9.17) is 4.74 Å². The van der Waals surface area contributed by atoms with E-state index in [0.717, 1.165) is 70.4 Å². The second-order valence-corrected chi connectivity index (χ2v) is 9.06. The summed E-state index contributed by atoms with van der Waals surface area (Å²) < 4.78 is 18.6. The maximum atomic E-state index is 13.4.